The van der Waals surface area contributed by atoms with Gasteiger partial charge in [-0.15, -0.1) is 22.7 Å². The number of rotatable bonds is 3. The minimum absolute atomic E-state index is 0.243. The second-order valence-corrected chi connectivity index (χ2v) is 8.06. The summed E-state index contributed by atoms with van der Waals surface area (Å²) in [7, 11) is 2.04. The highest BCUT2D eigenvalue weighted by Crippen LogP contribution is 2.36. The fourth-order valence-electron chi connectivity index (χ4n) is 1.94. The predicted octanol–water partition coefficient (Wildman–Crippen LogP) is 4.72. The summed E-state index contributed by atoms with van der Waals surface area (Å²) in [6.45, 7) is 8.97. The zero-order chi connectivity index (χ0) is 13.3. The molecule has 0 amide bonds. The molecule has 2 aromatic rings. The molecule has 0 aliphatic carbocycles. The van der Waals surface area contributed by atoms with Crippen molar-refractivity contribution in [3.63, 3.8) is 0 Å². The van der Waals surface area contributed by atoms with E-state index in [4.69, 9.17) is 0 Å². The quantitative estimate of drug-likeness (QED) is 0.857. The molecule has 0 saturated carbocycles. The standard InChI is InChI=1S/C15H21NS2/c1-10-6-7-11(17-10)14(16-5)12-8-9-13(18-12)15(2,3)4/h6-9,14,16H,1-5H3. The van der Waals surface area contributed by atoms with Crippen LogP contribution >= 0.6 is 22.7 Å². The Morgan fingerprint density at radius 1 is 1.00 bits per heavy atom. The van der Waals surface area contributed by atoms with Gasteiger partial charge >= 0.3 is 0 Å². The number of hydrogen-bond acceptors (Lipinski definition) is 3. The summed E-state index contributed by atoms with van der Waals surface area (Å²) in [4.78, 5) is 5.63. The van der Waals surface area contributed by atoms with Crippen molar-refractivity contribution >= 4 is 22.7 Å². The van der Waals surface area contributed by atoms with Gasteiger partial charge in [0.25, 0.3) is 0 Å². The van der Waals surface area contributed by atoms with Gasteiger partial charge in [-0.25, -0.2) is 0 Å². The summed E-state index contributed by atoms with van der Waals surface area (Å²) in [6.07, 6.45) is 0. The summed E-state index contributed by atoms with van der Waals surface area (Å²) in [5, 5.41) is 3.43. The second kappa shape index (κ2) is 5.16. The third kappa shape index (κ3) is 2.85. The topological polar surface area (TPSA) is 12.0 Å². The van der Waals surface area contributed by atoms with Gasteiger partial charge in [-0.1, -0.05) is 20.8 Å². The maximum atomic E-state index is 3.43. The monoisotopic (exact) mass is 279 g/mol. The smallest absolute Gasteiger partial charge is 0.0762 e. The fourth-order valence-corrected chi connectivity index (χ4v) is 4.22. The summed E-state index contributed by atoms with van der Waals surface area (Å²) < 4.78 is 0. The van der Waals surface area contributed by atoms with Crippen LogP contribution in [0, 0.1) is 6.92 Å². The van der Waals surface area contributed by atoms with Gasteiger partial charge in [0.1, 0.15) is 0 Å². The van der Waals surface area contributed by atoms with E-state index >= 15 is 0 Å². The van der Waals surface area contributed by atoms with E-state index in [9.17, 15) is 0 Å². The molecule has 18 heavy (non-hydrogen) atoms. The van der Waals surface area contributed by atoms with E-state index < -0.39 is 0 Å². The van der Waals surface area contributed by atoms with Crippen molar-refractivity contribution in [3.05, 3.63) is 43.8 Å². The molecule has 0 saturated heterocycles. The summed E-state index contributed by atoms with van der Waals surface area (Å²) >= 11 is 3.80. The Morgan fingerprint density at radius 3 is 2.06 bits per heavy atom. The molecule has 0 fully saturated rings. The second-order valence-electron chi connectivity index (χ2n) is 5.62. The Hall–Kier alpha value is -0.640. The molecule has 2 aromatic heterocycles. The first kappa shape index (κ1) is 13.8. The predicted molar refractivity (Wildman–Crippen MR) is 83.0 cm³/mol. The van der Waals surface area contributed by atoms with Crippen LogP contribution in [-0.2, 0) is 5.41 Å². The molecule has 0 radical (unpaired) electrons. The first-order chi connectivity index (χ1) is 8.41. The molecule has 98 valence electrons. The molecule has 1 unspecified atom stereocenters. The molecule has 0 aliphatic heterocycles. The van der Waals surface area contributed by atoms with Crippen LogP contribution in [0.4, 0.5) is 0 Å². The van der Waals surface area contributed by atoms with Crippen molar-refractivity contribution in [1.29, 1.82) is 0 Å². The summed E-state index contributed by atoms with van der Waals surface area (Å²) in [5.41, 5.74) is 0.243. The molecule has 1 N–H and O–H groups in total. The lowest BCUT2D eigenvalue weighted by Gasteiger charge is -2.16. The lowest BCUT2D eigenvalue weighted by Crippen LogP contribution is -2.15. The third-order valence-electron chi connectivity index (χ3n) is 2.98. The molecule has 0 aromatic carbocycles. The first-order valence-corrected chi connectivity index (χ1v) is 7.89. The van der Waals surface area contributed by atoms with Crippen molar-refractivity contribution in [1.82, 2.24) is 5.32 Å². The van der Waals surface area contributed by atoms with Crippen molar-refractivity contribution in [3.8, 4) is 0 Å². The van der Waals surface area contributed by atoms with E-state index in [1.165, 1.54) is 19.5 Å². The maximum Gasteiger partial charge on any atom is 0.0762 e. The van der Waals surface area contributed by atoms with E-state index in [1.54, 1.807) is 0 Å². The average Bonchev–Trinajstić information content (AvgIpc) is 2.88. The van der Waals surface area contributed by atoms with E-state index in [2.05, 4.69) is 57.3 Å². The lowest BCUT2D eigenvalue weighted by molar-refractivity contribution is 0.604. The highest BCUT2D eigenvalue weighted by molar-refractivity contribution is 7.13. The van der Waals surface area contributed by atoms with Gasteiger partial charge < -0.3 is 5.32 Å². The van der Waals surface area contributed by atoms with Gasteiger partial charge in [-0.2, -0.15) is 0 Å². The Bertz CT molecular complexity index is 517. The number of hydrogen-bond donors (Lipinski definition) is 1. The minimum atomic E-state index is 0.243. The van der Waals surface area contributed by atoms with Crippen LogP contribution in [0.1, 0.15) is 46.3 Å². The van der Waals surface area contributed by atoms with Crippen LogP contribution in [0.15, 0.2) is 24.3 Å². The summed E-state index contributed by atoms with van der Waals surface area (Å²) in [6, 6.07) is 9.30. The molecule has 0 bridgehead atoms. The molecule has 0 spiro atoms. The van der Waals surface area contributed by atoms with Crippen LogP contribution in [-0.4, -0.2) is 7.05 Å². The number of thiophene rings is 2. The van der Waals surface area contributed by atoms with E-state index in [0.717, 1.165) is 0 Å². The molecule has 1 nitrogen and oxygen atoms in total. The number of nitrogens with one attached hydrogen (secondary N) is 1. The molecule has 2 heterocycles. The van der Waals surface area contributed by atoms with E-state index in [0.29, 0.717) is 6.04 Å². The molecule has 1 atom stereocenters. The molecule has 2 rings (SSSR count). The number of aryl methyl sites for hydroxylation is 1. The Balaban J connectivity index is 2.31. The fraction of sp³-hybridized carbons (Fsp3) is 0.467. The Morgan fingerprint density at radius 2 is 1.61 bits per heavy atom. The normalized spacial score (nSPS) is 13.8. The lowest BCUT2D eigenvalue weighted by atomic mass is 9.95. The molecule has 0 aliphatic rings. The van der Waals surface area contributed by atoms with Crippen LogP contribution in [0.5, 0.6) is 0 Å². The van der Waals surface area contributed by atoms with Crippen molar-refractivity contribution in [2.24, 2.45) is 0 Å². The Labute approximate surface area is 118 Å². The van der Waals surface area contributed by atoms with E-state index in [-0.39, 0.29) is 5.41 Å². The van der Waals surface area contributed by atoms with Crippen LogP contribution < -0.4 is 5.32 Å². The minimum Gasteiger partial charge on any atom is -0.308 e. The largest absolute Gasteiger partial charge is 0.308 e. The zero-order valence-electron chi connectivity index (χ0n) is 11.7. The van der Waals surface area contributed by atoms with Gasteiger partial charge in [0.15, 0.2) is 0 Å². The molecule has 3 heteroatoms. The molecular weight excluding hydrogens is 258 g/mol. The molecular formula is C15H21NS2. The van der Waals surface area contributed by atoms with Crippen LogP contribution in [0.25, 0.3) is 0 Å². The van der Waals surface area contributed by atoms with Gasteiger partial charge in [-0.05, 0) is 43.7 Å². The maximum absolute atomic E-state index is 3.43. The van der Waals surface area contributed by atoms with Gasteiger partial charge in [0, 0.05) is 19.5 Å². The van der Waals surface area contributed by atoms with Crippen LogP contribution in [0.2, 0.25) is 0 Å². The Kier molecular flexibility index (Phi) is 3.95. The highest BCUT2D eigenvalue weighted by Gasteiger charge is 2.20. The van der Waals surface area contributed by atoms with Gasteiger partial charge in [0.05, 0.1) is 6.04 Å². The van der Waals surface area contributed by atoms with Gasteiger partial charge in [0.2, 0.25) is 0 Å². The average molecular weight is 279 g/mol. The SMILES string of the molecule is CNC(c1ccc(C)s1)c1ccc(C(C)(C)C)s1. The van der Waals surface area contributed by atoms with Crippen molar-refractivity contribution in [2.75, 3.05) is 7.05 Å². The first-order valence-electron chi connectivity index (χ1n) is 6.25. The van der Waals surface area contributed by atoms with Crippen molar-refractivity contribution in [2.45, 2.75) is 39.2 Å². The highest BCUT2D eigenvalue weighted by atomic mass is 32.1. The van der Waals surface area contributed by atoms with Crippen LogP contribution in [0.3, 0.4) is 0 Å². The third-order valence-corrected chi connectivity index (χ3v) is 5.63. The zero-order valence-corrected chi connectivity index (χ0v) is 13.3. The summed E-state index contributed by atoms with van der Waals surface area (Å²) in [5.74, 6) is 0. The van der Waals surface area contributed by atoms with E-state index in [1.807, 2.05) is 29.7 Å². The van der Waals surface area contributed by atoms with Gasteiger partial charge in [-0.3, -0.25) is 0 Å². The van der Waals surface area contributed by atoms with Crippen molar-refractivity contribution < 1.29 is 0 Å².